The van der Waals surface area contributed by atoms with Crippen LogP contribution in [0.15, 0.2) is 30.3 Å². The Balaban J connectivity index is 0.00000400. The number of rotatable bonds is 7. The fourth-order valence-electron chi connectivity index (χ4n) is 1.88. The van der Waals surface area contributed by atoms with Gasteiger partial charge in [0.15, 0.2) is 0 Å². The van der Waals surface area contributed by atoms with E-state index in [0.29, 0.717) is 6.54 Å². The lowest BCUT2D eigenvalue weighted by Crippen LogP contribution is -2.48. The van der Waals surface area contributed by atoms with Crippen LogP contribution in [0.3, 0.4) is 0 Å². The van der Waals surface area contributed by atoms with Gasteiger partial charge >= 0.3 is 0 Å². The van der Waals surface area contributed by atoms with Crippen LogP contribution in [0.25, 0.3) is 0 Å². The molecule has 0 amide bonds. The molecule has 0 saturated heterocycles. The average Bonchev–Trinajstić information content (AvgIpc) is 2.34. The zero-order valence-corrected chi connectivity index (χ0v) is 14.8. The molecule has 0 aliphatic heterocycles. The molecule has 1 unspecified atom stereocenters. The van der Waals surface area contributed by atoms with E-state index < -0.39 is 20.8 Å². The fourth-order valence-corrected chi connectivity index (χ4v) is 2.65. The second-order valence-electron chi connectivity index (χ2n) is 6.15. The summed E-state index contributed by atoms with van der Waals surface area (Å²) in [4.78, 5) is 0. The highest BCUT2D eigenvalue weighted by Crippen LogP contribution is 2.19. The molecule has 0 aliphatic carbocycles. The summed E-state index contributed by atoms with van der Waals surface area (Å²) in [6.07, 6.45) is 0.755. The molecule has 122 valence electrons. The van der Waals surface area contributed by atoms with Gasteiger partial charge in [0.25, 0.3) is 0 Å². The molecule has 0 saturated carbocycles. The van der Waals surface area contributed by atoms with Crippen LogP contribution in [0.5, 0.6) is 0 Å². The van der Waals surface area contributed by atoms with E-state index in [4.69, 9.17) is 5.73 Å². The second kappa shape index (κ2) is 8.13. The van der Waals surface area contributed by atoms with Gasteiger partial charge in [0.05, 0.1) is 5.25 Å². The van der Waals surface area contributed by atoms with Gasteiger partial charge in [-0.05, 0) is 45.6 Å². The number of hydrogen-bond acceptors (Lipinski definition) is 3. The minimum atomic E-state index is -3.25. The molecule has 0 bridgehead atoms. The molecule has 1 aromatic rings. The first-order valence-electron chi connectivity index (χ1n) is 6.94. The van der Waals surface area contributed by atoms with Crippen LogP contribution >= 0.6 is 12.4 Å². The van der Waals surface area contributed by atoms with Crippen molar-refractivity contribution in [3.63, 3.8) is 0 Å². The number of nitrogens with two attached hydrogens (primary N) is 1. The van der Waals surface area contributed by atoms with Crippen molar-refractivity contribution in [1.82, 2.24) is 4.72 Å². The SMILES string of the molecule is CC(C)S(=O)(=O)NCC(Cc1ccccc1)C(C)(C)N.Cl. The van der Waals surface area contributed by atoms with Crippen LogP contribution in [0, 0.1) is 5.92 Å². The van der Waals surface area contributed by atoms with Crippen LogP contribution < -0.4 is 10.5 Å². The summed E-state index contributed by atoms with van der Waals surface area (Å²) in [5.74, 6) is 0.0402. The molecule has 1 aromatic carbocycles. The molecule has 0 aliphatic rings. The fraction of sp³-hybridized carbons (Fsp3) is 0.600. The van der Waals surface area contributed by atoms with Gasteiger partial charge in [-0.25, -0.2) is 13.1 Å². The molecule has 1 atom stereocenters. The Labute approximate surface area is 135 Å². The standard InChI is InChI=1S/C15H26N2O2S.ClH/c1-12(2)20(18,19)17-11-14(15(3,4)16)10-13-8-6-5-7-9-13;/h5-9,12,14,17H,10-11,16H2,1-4H3;1H. The van der Waals surface area contributed by atoms with Crippen molar-refractivity contribution in [3.8, 4) is 0 Å². The van der Waals surface area contributed by atoms with Crippen LogP contribution in [0.1, 0.15) is 33.3 Å². The summed E-state index contributed by atoms with van der Waals surface area (Å²) in [7, 11) is -3.25. The Kier molecular flexibility index (Phi) is 7.89. The Morgan fingerprint density at radius 2 is 1.71 bits per heavy atom. The Morgan fingerprint density at radius 1 is 1.19 bits per heavy atom. The smallest absolute Gasteiger partial charge is 0.213 e. The maximum atomic E-state index is 11.9. The lowest BCUT2D eigenvalue weighted by Gasteiger charge is -2.31. The predicted octanol–water partition coefficient (Wildman–Crippen LogP) is 2.33. The lowest BCUT2D eigenvalue weighted by molar-refractivity contribution is 0.317. The first kappa shape index (κ1) is 20.4. The van der Waals surface area contributed by atoms with Gasteiger partial charge in [-0.3, -0.25) is 0 Å². The third kappa shape index (κ3) is 6.78. The van der Waals surface area contributed by atoms with Gasteiger partial charge in [-0.15, -0.1) is 12.4 Å². The predicted molar refractivity (Wildman–Crippen MR) is 91.2 cm³/mol. The normalized spacial score (nSPS) is 13.8. The van der Waals surface area contributed by atoms with Gasteiger partial charge in [0.2, 0.25) is 10.0 Å². The highest BCUT2D eigenvalue weighted by molar-refractivity contribution is 7.90. The molecule has 0 heterocycles. The topological polar surface area (TPSA) is 72.2 Å². The number of hydrogen-bond donors (Lipinski definition) is 2. The number of sulfonamides is 1. The van der Waals surface area contributed by atoms with Crippen molar-refractivity contribution >= 4 is 22.4 Å². The zero-order chi connectivity index (χ0) is 15.4. The third-order valence-electron chi connectivity index (χ3n) is 3.53. The first-order chi connectivity index (χ1) is 9.13. The molecule has 1 rings (SSSR count). The Hall–Kier alpha value is -0.620. The van der Waals surface area contributed by atoms with E-state index >= 15 is 0 Å². The minimum Gasteiger partial charge on any atom is -0.325 e. The van der Waals surface area contributed by atoms with E-state index in [-0.39, 0.29) is 18.3 Å². The van der Waals surface area contributed by atoms with Crippen molar-refractivity contribution < 1.29 is 8.42 Å². The van der Waals surface area contributed by atoms with E-state index in [1.54, 1.807) is 13.8 Å². The van der Waals surface area contributed by atoms with Crippen molar-refractivity contribution in [2.24, 2.45) is 11.7 Å². The summed E-state index contributed by atoms with van der Waals surface area (Å²) < 4.78 is 26.4. The van der Waals surface area contributed by atoms with Crippen molar-refractivity contribution in [3.05, 3.63) is 35.9 Å². The highest BCUT2D eigenvalue weighted by Gasteiger charge is 2.27. The summed E-state index contributed by atoms with van der Waals surface area (Å²) in [6, 6.07) is 10.0. The maximum absolute atomic E-state index is 11.9. The summed E-state index contributed by atoms with van der Waals surface area (Å²) in [5.41, 5.74) is 6.92. The summed E-state index contributed by atoms with van der Waals surface area (Å²) in [5, 5.41) is -0.430. The molecule has 21 heavy (non-hydrogen) atoms. The van der Waals surface area contributed by atoms with Gasteiger partial charge < -0.3 is 5.73 Å². The quantitative estimate of drug-likeness (QED) is 0.803. The number of benzene rings is 1. The van der Waals surface area contributed by atoms with E-state index in [1.807, 2.05) is 44.2 Å². The molecule has 4 nitrogen and oxygen atoms in total. The van der Waals surface area contributed by atoms with E-state index in [9.17, 15) is 8.42 Å². The largest absolute Gasteiger partial charge is 0.325 e. The average molecular weight is 335 g/mol. The molecule has 0 fully saturated rings. The second-order valence-corrected chi connectivity index (χ2v) is 8.47. The van der Waals surface area contributed by atoms with Gasteiger partial charge in [-0.2, -0.15) is 0 Å². The number of nitrogens with one attached hydrogen (secondary N) is 1. The molecule has 0 aromatic heterocycles. The Bertz CT molecular complexity index is 510. The maximum Gasteiger partial charge on any atom is 0.213 e. The van der Waals surface area contributed by atoms with Crippen LogP contribution in [-0.4, -0.2) is 25.8 Å². The molecule has 0 spiro atoms. The van der Waals surface area contributed by atoms with E-state index in [2.05, 4.69) is 4.72 Å². The van der Waals surface area contributed by atoms with Crippen molar-refractivity contribution in [1.29, 1.82) is 0 Å². The minimum absolute atomic E-state index is 0. The molecule has 6 heteroatoms. The van der Waals surface area contributed by atoms with Gasteiger partial charge in [0, 0.05) is 12.1 Å². The van der Waals surface area contributed by atoms with Crippen LogP contribution in [-0.2, 0) is 16.4 Å². The van der Waals surface area contributed by atoms with Crippen LogP contribution in [0.4, 0.5) is 0 Å². The van der Waals surface area contributed by atoms with E-state index in [0.717, 1.165) is 6.42 Å². The van der Waals surface area contributed by atoms with Crippen molar-refractivity contribution in [2.45, 2.75) is 44.9 Å². The Morgan fingerprint density at radius 3 is 2.14 bits per heavy atom. The van der Waals surface area contributed by atoms with E-state index in [1.165, 1.54) is 5.56 Å². The highest BCUT2D eigenvalue weighted by atomic mass is 35.5. The molecular weight excluding hydrogens is 308 g/mol. The third-order valence-corrected chi connectivity index (χ3v) is 5.34. The number of halogens is 1. The molecular formula is C15H27ClN2O2S. The van der Waals surface area contributed by atoms with Gasteiger partial charge in [0.1, 0.15) is 0 Å². The zero-order valence-electron chi connectivity index (χ0n) is 13.2. The lowest BCUT2D eigenvalue weighted by atomic mass is 9.83. The monoisotopic (exact) mass is 334 g/mol. The first-order valence-corrected chi connectivity index (χ1v) is 8.49. The van der Waals surface area contributed by atoms with Gasteiger partial charge in [-0.1, -0.05) is 30.3 Å². The van der Waals surface area contributed by atoms with Crippen LogP contribution in [0.2, 0.25) is 0 Å². The van der Waals surface area contributed by atoms with Crippen molar-refractivity contribution in [2.75, 3.05) is 6.54 Å². The summed E-state index contributed by atoms with van der Waals surface area (Å²) >= 11 is 0. The summed E-state index contributed by atoms with van der Waals surface area (Å²) in [6.45, 7) is 7.57. The molecule has 3 N–H and O–H groups in total. The molecule has 0 radical (unpaired) electrons.